The van der Waals surface area contributed by atoms with Gasteiger partial charge < -0.3 is 10.2 Å². The number of hydrogen-bond acceptors (Lipinski definition) is 2. The summed E-state index contributed by atoms with van der Waals surface area (Å²) in [6.45, 7) is 3.44. The molecule has 2 atom stereocenters. The van der Waals surface area contributed by atoms with E-state index in [1.807, 2.05) is 36.4 Å². The van der Waals surface area contributed by atoms with Crippen LogP contribution in [0.2, 0.25) is 0 Å². The summed E-state index contributed by atoms with van der Waals surface area (Å²) in [6.07, 6.45) is 6.39. The van der Waals surface area contributed by atoms with Crippen molar-refractivity contribution in [3.63, 3.8) is 0 Å². The third-order valence-corrected chi connectivity index (χ3v) is 2.07. The molecule has 0 aliphatic carbocycles. The standard InChI is InChI=1S/C14H18O2/c1-11(15)3-5-13-7-9-14(10-8-13)6-4-12(2)16/h3-12,15-16H,1-2H3/b5-3+,6-4+. The molecule has 0 saturated carbocycles. The summed E-state index contributed by atoms with van der Waals surface area (Å²) in [7, 11) is 0. The topological polar surface area (TPSA) is 40.5 Å². The average molecular weight is 218 g/mol. The molecule has 0 heterocycles. The van der Waals surface area contributed by atoms with Gasteiger partial charge in [0, 0.05) is 0 Å². The Labute approximate surface area is 96.6 Å². The Morgan fingerprint density at radius 2 is 1.12 bits per heavy atom. The summed E-state index contributed by atoms with van der Waals surface area (Å²) in [5, 5.41) is 18.2. The predicted molar refractivity (Wildman–Crippen MR) is 67.9 cm³/mol. The van der Waals surface area contributed by atoms with E-state index in [0.29, 0.717) is 0 Å². The molecule has 0 amide bonds. The normalized spacial score (nSPS) is 15.8. The van der Waals surface area contributed by atoms with Gasteiger partial charge in [-0.3, -0.25) is 0 Å². The van der Waals surface area contributed by atoms with Crippen molar-refractivity contribution in [3.8, 4) is 0 Å². The number of hydrogen-bond donors (Lipinski definition) is 2. The SMILES string of the molecule is CC(O)/C=C/c1ccc(/C=C/C(C)O)cc1. The first-order chi connectivity index (χ1) is 7.58. The van der Waals surface area contributed by atoms with Crippen LogP contribution in [0.5, 0.6) is 0 Å². The maximum Gasteiger partial charge on any atom is 0.0696 e. The number of rotatable bonds is 4. The van der Waals surface area contributed by atoms with E-state index in [2.05, 4.69) is 0 Å². The quantitative estimate of drug-likeness (QED) is 0.815. The van der Waals surface area contributed by atoms with Crippen LogP contribution in [-0.2, 0) is 0 Å². The summed E-state index contributed by atoms with van der Waals surface area (Å²) >= 11 is 0. The second kappa shape index (κ2) is 6.26. The van der Waals surface area contributed by atoms with Gasteiger partial charge in [0.05, 0.1) is 12.2 Å². The fourth-order valence-electron chi connectivity index (χ4n) is 1.22. The van der Waals surface area contributed by atoms with Gasteiger partial charge in [0.15, 0.2) is 0 Å². The highest BCUT2D eigenvalue weighted by Crippen LogP contribution is 2.08. The van der Waals surface area contributed by atoms with Gasteiger partial charge in [0.25, 0.3) is 0 Å². The zero-order valence-corrected chi connectivity index (χ0v) is 9.67. The molecule has 1 rings (SSSR count). The third kappa shape index (κ3) is 4.91. The molecule has 0 aromatic heterocycles. The minimum absolute atomic E-state index is 0.421. The van der Waals surface area contributed by atoms with Crippen LogP contribution >= 0.6 is 0 Å². The van der Waals surface area contributed by atoms with Gasteiger partial charge >= 0.3 is 0 Å². The fourth-order valence-corrected chi connectivity index (χ4v) is 1.22. The highest BCUT2D eigenvalue weighted by molar-refractivity contribution is 5.56. The molecule has 2 heteroatoms. The van der Waals surface area contributed by atoms with E-state index < -0.39 is 12.2 Å². The molecule has 0 bridgehead atoms. The second-order valence-corrected chi connectivity index (χ2v) is 3.87. The number of aliphatic hydroxyl groups is 2. The summed E-state index contributed by atoms with van der Waals surface area (Å²) < 4.78 is 0. The van der Waals surface area contributed by atoms with Crippen molar-refractivity contribution in [1.82, 2.24) is 0 Å². The number of benzene rings is 1. The van der Waals surface area contributed by atoms with Crippen LogP contribution in [0.1, 0.15) is 25.0 Å². The summed E-state index contributed by atoms with van der Waals surface area (Å²) in [5.74, 6) is 0. The molecule has 2 unspecified atom stereocenters. The van der Waals surface area contributed by atoms with E-state index in [4.69, 9.17) is 10.2 Å². The van der Waals surface area contributed by atoms with Gasteiger partial charge in [0.1, 0.15) is 0 Å². The first-order valence-electron chi connectivity index (χ1n) is 5.40. The van der Waals surface area contributed by atoms with Crippen molar-refractivity contribution in [2.45, 2.75) is 26.1 Å². The molecule has 2 N–H and O–H groups in total. The molecule has 0 saturated heterocycles. The Morgan fingerprint density at radius 3 is 1.38 bits per heavy atom. The Hall–Kier alpha value is -1.38. The van der Waals surface area contributed by atoms with Gasteiger partial charge in [-0.1, -0.05) is 48.6 Å². The zero-order valence-electron chi connectivity index (χ0n) is 9.67. The van der Waals surface area contributed by atoms with E-state index in [0.717, 1.165) is 11.1 Å². The van der Waals surface area contributed by atoms with Crippen LogP contribution in [0.25, 0.3) is 12.2 Å². The van der Waals surface area contributed by atoms with Gasteiger partial charge in [-0.05, 0) is 25.0 Å². The van der Waals surface area contributed by atoms with Gasteiger partial charge in [-0.2, -0.15) is 0 Å². The van der Waals surface area contributed by atoms with Crippen LogP contribution in [0.15, 0.2) is 36.4 Å². The molecular weight excluding hydrogens is 200 g/mol. The Morgan fingerprint density at radius 1 is 0.812 bits per heavy atom. The Bertz CT molecular complexity index is 322. The van der Waals surface area contributed by atoms with Crippen molar-refractivity contribution >= 4 is 12.2 Å². The summed E-state index contributed by atoms with van der Waals surface area (Å²) in [6, 6.07) is 7.89. The van der Waals surface area contributed by atoms with Crippen molar-refractivity contribution in [3.05, 3.63) is 47.5 Å². The predicted octanol–water partition coefficient (Wildman–Crippen LogP) is 2.47. The highest BCUT2D eigenvalue weighted by atomic mass is 16.3. The minimum atomic E-state index is -0.421. The van der Waals surface area contributed by atoms with Crippen LogP contribution in [0.3, 0.4) is 0 Å². The molecule has 0 aliphatic rings. The molecule has 0 radical (unpaired) electrons. The van der Waals surface area contributed by atoms with E-state index in [1.165, 1.54) is 0 Å². The molecule has 2 nitrogen and oxygen atoms in total. The highest BCUT2D eigenvalue weighted by Gasteiger charge is 1.91. The Balaban J connectivity index is 2.68. The van der Waals surface area contributed by atoms with E-state index in [1.54, 1.807) is 26.0 Å². The maximum atomic E-state index is 9.09. The van der Waals surface area contributed by atoms with Crippen LogP contribution in [-0.4, -0.2) is 22.4 Å². The van der Waals surface area contributed by atoms with Gasteiger partial charge in [0.2, 0.25) is 0 Å². The molecule has 0 aliphatic heterocycles. The largest absolute Gasteiger partial charge is 0.389 e. The Kier molecular flexibility index (Phi) is 4.96. The van der Waals surface area contributed by atoms with E-state index in [-0.39, 0.29) is 0 Å². The smallest absolute Gasteiger partial charge is 0.0696 e. The lowest BCUT2D eigenvalue weighted by Crippen LogP contribution is -1.91. The lowest BCUT2D eigenvalue weighted by atomic mass is 10.1. The average Bonchev–Trinajstić information content (AvgIpc) is 2.25. The van der Waals surface area contributed by atoms with Crippen molar-refractivity contribution in [2.24, 2.45) is 0 Å². The van der Waals surface area contributed by atoms with Gasteiger partial charge in [-0.15, -0.1) is 0 Å². The van der Waals surface area contributed by atoms with E-state index in [9.17, 15) is 0 Å². The summed E-state index contributed by atoms with van der Waals surface area (Å²) in [5.41, 5.74) is 2.10. The zero-order chi connectivity index (χ0) is 12.0. The molecule has 0 fully saturated rings. The minimum Gasteiger partial charge on any atom is -0.389 e. The van der Waals surface area contributed by atoms with E-state index >= 15 is 0 Å². The first-order valence-corrected chi connectivity index (χ1v) is 5.40. The van der Waals surface area contributed by atoms with Crippen LogP contribution in [0, 0.1) is 0 Å². The lowest BCUT2D eigenvalue weighted by molar-refractivity contribution is 0.244. The van der Waals surface area contributed by atoms with Crippen molar-refractivity contribution in [2.75, 3.05) is 0 Å². The molecule has 1 aromatic rings. The second-order valence-electron chi connectivity index (χ2n) is 3.87. The maximum absolute atomic E-state index is 9.09. The fraction of sp³-hybridized carbons (Fsp3) is 0.286. The summed E-state index contributed by atoms with van der Waals surface area (Å²) in [4.78, 5) is 0. The lowest BCUT2D eigenvalue weighted by Gasteiger charge is -1.98. The van der Waals surface area contributed by atoms with Crippen molar-refractivity contribution < 1.29 is 10.2 Å². The molecule has 86 valence electrons. The molecule has 0 spiro atoms. The van der Waals surface area contributed by atoms with Crippen molar-refractivity contribution in [1.29, 1.82) is 0 Å². The molecule has 1 aromatic carbocycles. The number of aliphatic hydroxyl groups excluding tert-OH is 2. The van der Waals surface area contributed by atoms with Gasteiger partial charge in [-0.25, -0.2) is 0 Å². The van der Waals surface area contributed by atoms with Crippen LogP contribution in [0.4, 0.5) is 0 Å². The first kappa shape index (κ1) is 12.7. The monoisotopic (exact) mass is 218 g/mol. The molecular formula is C14H18O2. The van der Waals surface area contributed by atoms with Crippen LogP contribution < -0.4 is 0 Å². The molecule has 16 heavy (non-hydrogen) atoms. The third-order valence-electron chi connectivity index (χ3n) is 2.07.